The smallest absolute Gasteiger partial charge is 0.232 e. The molecule has 4 nitrogen and oxygen atoms in total. The summed E-state index contributed by atoms with van der Waals surface area (Å²) in [5.74, 6) is 0.538. The van der Waals surface area contributed by atoms with E-state index in [1.54, 1.807) is 19.0 Å². The summed E-state index contributed by atoms with van der Waals surface area (Å²) in [4.78, 5) is 17.0. The number of amides is 1. The molecule has 78 valence electrons. The van der Waals surface area contributed by atoms with Crippen LogP contribution in [0.15, 0.2) is 4.21 Å². The molecular weight excluding hydrogens is 218 g/mol. The molecule has 2 N–H and O–H groups in total. The van der Waals surface area contributed by atoms with Gasteiger partial charge in [0.05, 0.1) is 15.7 Å². The third-order valence-electron chi connectivity index (χ3n) is 1.60. The van der Waals surface area contributed by atoms with Gasteiger partial charge in [-0.3, -0.25) is 4.79 Å². The zero-order valence-electron chi connectivity index (χ0n) is 8.40. The Morgan fingerprint density at radius 1 is 1.64 bits per heavy atom. The van der Waals surface area contributed by atoms with Gasteiger partial charge in [-0.2, -0.15) is 0 Å². The molecular formula is C8H13N3OS2. The van der Waals surface area contributed by atoms with E-state index in [1.165, 1.54) is 23.1 Å². The fraction of sp³-hybridized carbons (Fsp3) is 0.500. The normalized spacial score (nSPS) is 10.2. The minimum atomic E-state index is 0.0985. The van der Waals surface area contributed by atoms with Gasteiger partial charge in [0, 0.05) is 14.1 Å². The summed E-state index contributed by atoms with van der Waals surface area (Å²) in [6.45, 7) is 1.90. The van der Waals surface area contributed by atoms with E-state index in [9.17, 15) is 4.79 Å². The highest BCUT2D eigenvalue weighted by molar-refractivity contribution is 8.01. The van der Waals surface area contributed by atoms with Gasteiger partial charge in [-0.15, -0.1) is 11.8 Å². The molecule has 0 bridgehead atoms. The molecule has 1 amide bonds. The van der Waals surface area contributed by atoms with Crippen LogP contribution in [-0.2, 0) is 4.79 Å². The lowest BCUT2D eigenvalue weighted by atomic mass is 10.6. The fourth-order valence-corrected chi connectivity index (χ4v) is 2.79. The number of aromatic nitrogens is 1. The number of thioether (sulfide) groups is 1. The molecule has 0 aliphatic carbocycles. The van der Waals surface area contributed by atoms with Gasteiger partial charge >= 0.3 is 0 Å². The predicted octanol–water partition coefficient (Wildman–Crippen LogP) is 1.21. The minimum absolute atomic E-state index is 0.0985. The van der Waals surface area contributed by atoms with Gasteiger partial charge in [0.1, 0.15) is 0 Å². The van der Waals surface area contributed by atoms with Crippen LogP contribution < -0.4 is 5.73 Å². The summed E-state index contributed by atoms with van der Waals surface area (Å²) in [6, 6.07) is 0. The lowest BCUT2D eigenvalue weighted by Gasteiger charge is -2.08. The third-order valence-corrected chi connectivity index (χ3v) is 3.93. The predicted molar refractivity (Wildman–Crippen MR) is 60.7 cm³/mol. The number of hydrogen-bond donors (Lipinski definition) is 1. The minimum Gasteiger partial charge on any atom is -0.375 e. The highest BCUT2D eigenvalue weighted by atomic mass is 32.2. The molecule has 1 aromatic rings. The molecule has 0 fully saturated rings. The zero-order chi connectivity index (χ0) is 10.7. The van der Waals surface area contributed by atoms with Crippen molar-refractivity contribution in [2.24, 2.45) is 0 Å². The van der Waals surface area contributed by atoms with E-state index in [1.807, 2.05) is 6.92 Å². The molecule has 0 saturated carbocycles. The van der Waals surface area contributed by atoms with Crippen LogP contribution in [0, 0.1) is 6.92 Å². The van der Waals surface area contributed by atoms with Gasteiger partial charge < -0.3 is 10.6 Å². The Balaban J connectivity index is 2.54. The fourth-order valence-electron chi connectivity index (χ4n) is 0.793. The number of anilines is 1. The van der Waals surface area contributed by atoms with E-state index in [0.717, 1.165) is 9.90 Å². The SMILES string of the molecule is Cc1nc(N)sc1SCC(=O)N(C)C. The molecule has 0 saturated heterocycles. The maximum absolute atomic E-state index is 11.3. The number of thiazole rings is 1. The summed E-state index contributed by atoms with van der Waals surface area (Å²) in [5.41, 5.74) is 6.45. The van der Waals surface area contributed by atoms with E-state index in [4.69, 9.17) is 5.73 Å². The average molecular weight is 231 g/mol. The first-order valence-corrected chi connectivity index (χ1v) is 5.86. The Labute approximate surface area is 91.5 Å². The summed E-state index contributed by atoms with van der Waals surface area (Å²) in [7, 11) is 3.49. The lowest BCUT2D eigenvalue weighted by Crippen LogP contribution is -2.23. The number of rotatable bonds is 3. The molecule has 1 aromatic heterocycles. The molecule has 0 radical (unpaired) electrons. The van der Waals surface area contributed by atoms with Crippen LogP contribution in [-0.4, -0.2) is 35.6 Å². The Hall–Kier alpha value is -0.750. The van der Waals surface area contributed by atoms with Crippen LogP contribution in [0.25, 0.3) is 0 Å². The van der Waals surface area contributed by atoms with Crippen LogP contribution >= 0.6 is 23.1 Å². The second-order valence-electron chi connectivity index (χ2n) is 3.00. The summed E-state index contributed by atoms with van der Waals surface area (Å²) in [5, 5.41) is 0.558. The Morgan fingerprint density at radius 2 is 2.29 bits per heavy atom. The molecule has 0 unspecified atom stereocenters. The number of nitrogen functional groups attached to an aromatic ring is 1. The molecule has 0 atom stereocenters. The maximum atomic E-state index is 11.3. The van der Waals surface area contributed by atoms with Crippen molar-refractivity contribution in [2.45, 2.75) is 11.1 Å². The maximum Gasteiger partial charge on any atom is 0.232 e. The second kappa shape index (κ2) is 4.65. The molecule has 1 heterocycles. The van der Waals surface area contributed by atoms with Gasteiger partial charge in [-0.25, -0.2) is 4.98 Å². The van der Waals surface area contributed by atoms with Crippen LogP contribution in [0.4, 0.5) is 5.13 Å². The zero-order valence-corrected chi connectivity index (χ0v) is 10.0. The van der Waals surface area contributed by atoms with Crippen molar-refractivity contribution in [2.75, 3.05) is 25.6 Å². The largest absolute Gasteiger partial charge is 0.375 e. The van der Waals surface area contributed by atoms with Crippen molar-refractivity contribution in [1.29, 1.82) is 0 Å². The van der Waals surface area contributed by atoms with Crippen LogP contribution in [0.1, 0.15) is 5.69 Å². The van der Waals surface area contributed by atoms with Crippen LogP contribution in [0.5, 0.6) is 0 Å². The number of carbonyl (C=O) groups is 1. The average Bonchev–Trinajstić information content (AvgIpc) is 2.40. The Bertz CT molecular complexity index is 335. The number of carbonyl (C=O) groups excluding carboxylic acids is 1. The molecule has 0 aliphatic rings. The monoisotopic (exact) mass is 231 g/mol. The Kier molecular flexibility index (Phi) is 3.77. The van der Waals surface area contributed by atoms with E-state index in [0.29, 0.717) is 10.9 Å². The van der Waals surface area contributed by atoms with Gasteiger partial charge in [0.25, 0.3) is 0 Å². The van der Waals surface area contributed by atoms with Crippen molar-refractivity contribution in [3.05, 3.63) is 5.69 Å². The first-order valence-electron chi connectivity index (χ1n) is 4.06. The van der Waals surface area contributed by atoms with E-state index < -0.39 is 0 Å². The quantitative estimate of drug-likeness (QED) is 0.794. The Morgan fingerprint density at radius 3 is 2.71 bits per heavy atom. The number of aryl methyl sites for hydroxylation is 1. The summed E-state index contributed by atoms with van der Waals surface area (Å²) >= 11 is 2.92. The summed E-state index contributed by atoms with van der Waals surface area (Å²) < 4.78 is 1.03. The van der Waals surface area contributed by atoms with Crippen molar-refractivity contribution in [3.63, 3.8) is 0 Å². The second-order valence-corrected chi connectivity index (χ2v) is 5.28. The number of nitrogens with two attached hydrogens (primary N) is 1. The first-order chi connectivity index (χ1) is 6.50. The van der Waals surface area contributed by atoms with E-state index in [2.05, 4.69) is 4.98 Å². The van der Waals surface area contributed by atoms with Crippen molar-refractivity contribution in [1.82, 2.24) is 9.88 Å². The molecule has 1 rings (SSSR count). The molecule has 6 heteroatoms. The summed E-state index contributed by atoms with van der Waals surface area (Å²) in [6.07, 6.45) is 0. The standard InChI is InChI=1S/C8H13N3OS2/c1-5-7(14-8(9)10-5)13-4-6(12)11(2)3/h4H2,1-3H3,(H2,9,10). The van der Waals surface area contributed by atoms with E-state index >= 15 is 0 Å². The van der Waals surface area contributed by atoms with Crippen molar-refractivity contribution in [3.8, 4) is 0 Å². The van der Waals surface area contributed by atoms with Crippen molar-refractivity contribution < 1.29 is 4.79 Å². The number of nitrogens with zero attached hydrogens (tertiary/aromatic N) is 2. The first kappa shape index (κ1) is 11.3. The van der Waals surface area contributed by atoms with Crippen LogP contribution in [0.2, 0.25) is 0 Å². The topological polar surface area (TPSA) is 59.2 Å². The highest BCUT2D eigenvalue weighted by Gasteiger charge is 2.09. The number of hydrogen-bond acceptors (Lipinski definition) is 5. The molecule has 0 spiro atoms. The van der Waals surface area contributed by atoms with E-state index in [-0.39, 0.29) is 5.91 Å². The van der Waals surface area contributed by atoms with Gasteiger partial charge in [0.2, 0.25) is 5.91 Å². The van der Waals surface area contributed by atoms with Gasteiger partial charge in [-0.1, -0.05) is 11.3 Å². The molecule has 0 aliphatic heterocycles. The van der Waals surface area contributed by atoms with Crippen molar-refractivity contribution >= 4 is 34.1 Å². The highest BCUT2D eigenvalue weighted by Crippen LogP contribution is 2.30. The third kappa shape index (κ3) is 2.88. The van der Waals surface area contributed by atoms with Gasteiger partial charge in [0.15, 0.2) is 5.13 Å². The lowest BCUT2D eigenvalue weighted by molar-refractivity contribution is -0.125. The molecule has 0 aromatic carbocycles. The van der Waals surface area contributed by atoms with Crippen LogP contribution in [0.3, 0.4) is 0 Å². The molecule has 14 heavy (non-hydrogen) atoms. The van der Waals surface area contributed by atoms with Gasteiger partial charge in [-0.05, 0) is 6.92 Å².